The highest BCUT2D eigenvalue weighted by molar-refractivity contribution is 7.98. The lowest BCUT2D eigenvalue weighted by Gasteiger charge is -2.09. The zero-order valence-corrected chi connectivity index (χ0v) is 12.9. The highest BCUT2D eigenvalue weighted by Gasteiger charge is 2.10. The average Bonchev–Trinajstić information content (AvgIpc) is 2.51. The van der Waals surface area contributed by atoms with Crippen molar-refractivity contribution in [3.8, 4) is 0 Å². The van der Waals surface area contributed by atoms with Crippen LogP contribution in [0.25, 0.3) is 10.9 Å². The van der Waals surface area contributed by atoms with Crippen LogP contribution in [0.4, 0.5) is 4.39 Å². The van der Waals surface area contributed by atoms with Crippen molar-refractivity contribution in [2.75, 3.05) is 5.84 Å². The van der Waals surface area contributed by atoms with E-state index in [0.717, 1.165) is 10.2 Å². The molecule has 1 aromatic heterocycles. The fourth-order valence-electron chi connectivity index (χ4n) is 2.01. The summed E-state index contributed by atoms with van der Waals surface area (Å²) in [6.07, 6.45) is 0. The molecule has 112 valence electrons. The molecular weight excluding hydrogens is 325 g/mol. The summed E-state index contributed by atoms with van der Waals surface area (Å²) < 4.78 is 14.1. The molecule has 0 aliphatic rings. The molecule has 0 saturated heterocycles. The molecule has 3 rings (SSSR count). The van der Waals surface area contributed by atoms with E-state index in [1.807, 2.05) is 0 Å². The van der Waals surface area contributed by atoms with E-state index in [4.69, 9.17) is 17.4 Å². The second-order valence-corrected chi connectivity index (χ2v) is 5.96. The number of fused-ring (bicyclic) bond motifs is 1. The zero-order valence-electron chi connectivity index (χ0n) is 11.3. The fraction of sp³-hybridized carbons (Fsp3) is 0.0667. The van der Waals surface area contributed by atoms with Gasteiger partial charge in [-0.3, -0.25) is 4.79 Å². The molecule has 0 saturated carbocycles. The summed E-state index contributed by atoms with van der Waals surface area (Å²) in [5.74, 6) is 5.84. The van der Waals surface area contributed by atoms with Gasteiger partial charge in [0.05, 0.1) is 10.9 Å². The first kappa shape index (κ1) is 14.9. The third kappa shape index (κ3) is 2.80. The number of nitrogens with two attached hydrogens (primary N) is 1. The molecule has 3 aromatic rings. The van der Waals surface area contributed by atoms with Crippen molar-refractivity contribution < 1.29 is 4.39 Å². The molecule has 4 nitrogen and oxygen atoms in total. The molecule has 0 radical (unpaired) electrons. The normalized spacial score (nSPS) is 11.0. The van der Waals surface area contributed by atoms with Gasteiger partial charge in [-0.2, -0.15) is 0 Å². The van der Waals surface area contributed by atoms with Gasteiger partial charge in [0.15, 0.2) is 5.16 Å². The Morgan fingerprint density at radius 3 is 2.82 bits per heavy atom. The number of thioether (sulfide) groups is 1. The SMILES string of the molecule is Nn1c(SCc2ccc(F)cc2Cl)nc2ccccc2c1=O. The number of hydrogen-bond donors (Lipinski definition) is 1. The number of aromatic nitrogens is 2. The molecule has 22 heavy (non-hydrogen) atoms. The zero-order chi connectivity index (χ0) is 15.7. The molecule has 0 spiro atoms. The molecule has 0 bridgehead atoms. The van der Waals surface area contributed by atoms with Crippen LogP contribution in [0.15, 0.2) is 52.4 Å². The van der Waals surface area contributed by atoms with Crippen LogP contribution >= 0.6 is 23.4 Å². The van der Waals surface area contributed by atoms with Crippen molar-refractivity contribution in [2.24, 2.45) is 0 Å². The first-order valence-electron chi connectivity index (χ1n) is 6.40. The van der Waals surface area contributed by atoms with Crippen LogP contribution < -0.4 is 11.4 Å². The van der Waals surface area contributed by atoms with Crippen LogP contribution in [0, 0.1) is 5.82 Å². The quantitative estimate of drug-likeness (QED) is 0.453. The second kappa shape index (κ2) is 5.98. The van der Waals surface area contributed by atoms with Gasteiger partial charge in [0, 0.05) is 10.8 Å². The van der Waals surface area contributed by atoms with E-state index in [1.165, 1.54) is 23.9 Å². The molecule has 2 aromatic carbocycles. The van der Waals surface area contributed by atoms with Crippen molar-refractivity contribution in [1.82, 2.24) is 9.66 Å². The van der Waals surface area contributed by atoms with E-state index in [0.29, 0.717) is 26.8 Å². The monoisotopic (exact) mass is 335 g/mol. The molecule has 0 unspecified atom stereocenters. The molecule has 0 amide bonds. The average molecular weight is 336 g/mol. The molecule has 0 atom stereocenters. The van der Waals surface area contributed by atoms with Gasteiger partial charge < -0.3 is 5.84 Å². The first-order valence-corrected chi connectivity index (χ1v) is 7.76. The van der Waals surface area contributed by atoms with Crippen LogP contribution in [0.2, 0.25) is 5.02 Å². The van der Waals surface area contributed by atoms with Gasteiger partial charge in [-0.15, -0.1) is 0 Å². The van der Waals surface area contributed by atoms with E-state index >= 15 is 0 Å². The van der Waals surface area contributed by atoms with Crippen LogP contribution in [-0.4, -0.2) is 9.66 Å². The highest BCUT2D eigenvalue weighted by Crippen LogP contribution is 2.26. The Labute approximate surface area is 134 Å². The summed E-state index contributed by atoms with van der Waals surface area (Å²) in [5, 5.41) is 1.18. The van der Waals surface area contributed by atoms with Crippen LogP contribution in [-0.2, 0) is 5.75 Å². The predicted octanol–water partition coefficient (Wildman–Crippen LogP) is 3.20. The second-order valence-electron chi connectivity index (χ2n) is 4.61. The van der Waals surface area contributed by atoms with Crippen molar-refractivity contribution in [3.63, 3.8) is 0 Å². The number of para-hydroxylation sites is 1. The van der Waals surface area contributed by atoms with Crippen molar-refractivity contribution in [2.45, 2.75) is 10.9 Å². The first-order chi connectivity index (χ1) is 10.6. The summed E-state index contributed by atoms with van der Waals surface area (Å²) in [6.45, 7) is 0. The maximum atomic E-state index is 13.0. The summed E-state index contributed by atoms with van der Waals surface area (Å²) in [5.41, 5.74) is 1.02. The van der Waals surface area contributed by atoms with Crippen molar-refractivity contribution in [3.05, 3.63) is 69.2 Å². The van der Waals surface area contributed by atoms with Crippen LogP contribution in [0.5, 0.6) is 0 Å². The molecule has 2 N–H and O–H groups in total. The maximum absolute atomic E-state index is 13.0. The van der Waals surface area contributed by atoms with Crippen molar-refractivity contribution in [1.29, 1.82) is 0 Å². The lowest BCUT2D eigenvalue weighted by Crippen LogP contribution is -2.29. The van der Waals surface area contributed by atoms with Gasteiger partial charge >= 0.3 is 0 Å². The molecule has 0 aliphatic heterocycles. The Bertz CT molecular complexity index is 913. The molecule has 0 fully saturated rings. The van der Waals surface area contributed by atoms with E-state index in [2.05, 4.69) is 4.98 Å². The third-order valence-corrected chi connectivity index (χ3v) is 4.50. The number of rotatable bonds is 3. The number of benzene rings is 2. The van der Waals surface area contributed by atoms with Gasteiger partial charge in [-0.1, -0.05) is 41.6 Å². The topological polar surface area (TPSA) is 60.9 Å². The van der Waals surface area contributed by atoms with Crippen molar-refractivity contribution >= 4 is 34.3 Å². The third-order valence-electron chi connectivity index (χ3n) is 3.15. The largest absolute Gasteiger partial charge is 0.334 e. The van der Waals surface area contributed by atoms with E-state index in [-0.39, 0.29) is 5.56 Å². The maximum Gasteiger partial charge on any atom is 0.280 e. The van der Waals surface area contributed by atoms with E-state index < -0.39 is 5.82 Å². The van der Waals surface area contributed by atoms with Crippen LogP contribution in [0.3, 0.4) is 0 Å². The standard InChI is InChI=1S/C15H11ClFN3OS/c16-12-7-10(17)6-5-9(12)8-22-15-19-13-4-2-1-3-11(13)14(21)20(15)18/h1-7H,8,18H2. The Kier molecular flexibility index (Phi) is 4.04. The summed E-state index contributed by atoms with van der Waals surface area (Å²) in [7, 11) is 0. The molecule has 0 aliphatic carbocycles. The lowest BCUT2D eigenvalue weighted by atomic mass is 10.2. The van der Waals surface area contributed by atoms with Gasteiger partial charge in [0.2, 0.25) is 0 Å². The Morgan fingerprint density at radius 2 is 2.05 bits per heavy atom. The minimum Gasteiger partial charge on any atom is -0.334 e. The predicted molar refractivity (Wildman–Crippen MR) is 87.1 cm³/mol. The number of nitrogen functional groups attached to an aromatic ring is 1. The highest BCUT2D eigenvalue weighted by atomic mass is 35.5. The Balaban J connectivity index is 1.94. The molecular formula is C15H11ClFN3OS. The van der Waals surface area contributed by atoms with E-state index in [1.54, 1.807) is 30.3 Å². The Morgan fingerprint density at radius 1 is 1.27 bits per heavy atom. The molecule has 7 heteroatoms. The lowest BCUT2D eigenvalue weighted by molar-refractivity contribution is 0.627. The van der Waals surface area contributed by atoms with Gasteiger partial charge in [0.1, 0.15) is 5.82 Å². The summed E-state index contributed by atoms with van der Waals surface area (Å²) in [4.78, 5) is 16.6. The number of nitrogens with zero attached hydrogens (tertiary/aromatic N) is 2. The molecule has 1 heterocycles. The number of halogens is 2. The minimum atomic E-state index is -0.390. The van der Waals surface area contributed by atoms with Gasteiger partial charge in [-0.05, 0) is 29.8 Å². The van der Waals surface area contributed by atoms with Gasteiger partial charge in [0.25, 0.3) is 5.56 Å². The smallest absolute Gasteiger partial charge is 0.280 e. The summed E-state index contributed by atoms with van der Waals surface area (Å²) in [6, 6.07) is 11.2. The Hall–Kier alpha value is -2.05. The number of hydrogen-bond acceptors (Lipinski definition) is 4. The van der Waals surface area contributed by atoms with E-state index in [9.17, 15) is 9.18 Å². The van der Waals surface area contributed by atoms with Gasteiger partial charge in [-0.25, -0.2) is 14.1 Å². The summed E-state index contributed by atoms with van der Waals surface area (Å²) >= 11 is 7.26. The fourth-order valence-corrected chi connectivity index (χ4v) is 3.24. The minimum absolute atomic E-state index is 0.307. The van der Waals surface area contributed by atoms with Crippen LogP contribution in [0.1, 0.15) is 5.56 Å².